The van der Waals surface area contributed by atoms with E-state index in [0.717, 1.165) is 16.7 Å². The maximum absolute atomic E-state index is 9.80. The molecule has 32 heavy (non-hydrogen) atoms. The third-order valence-corrected chi connectivity index (χ3v) is 6.09. The fourth-order valence-electron chi connectivity index (χ4n) is 4.52. The SMILES string of the molecule is Oc1ccc(-n2c3ccc(-c4ccccc4)cc3c3cc(-c4ccccc4)ccc32)cc1. The van der Waals surface area contributed by atoms with E-state index in [1.807, 2.05) is 24.3 Å². The minimum absolute atomic E-state index is 0.271. The van der Waals surface area contributed by atoms with Crippen molar-refractivity contribution in [1.82, 2.24) is 4.57 Å². The van der Waals surface area contributed by atoms with Crippen LogP contribution in [0.2, 0.25) is 0 Å². The number of phenols is 1. The van der Waals surface area contributed by atoms with Crippen LogP contribution in [0.1, 0.15) is 0 Å². The zero-order chi connectivity index (χ0) is 21.5. The Kier molecular flexibility index (Phi) is 4.29. The van der Waals surface area contributed by atoms with Crippen LogP contribution >= 0.6 is 0 Å². The van der Waals surface area contributed by atoms with E-state index in [1.165, 1.54) is 33.0 Å². The van der Waals surface area contributed by atoms with Crippen LogP contribution < -0.4 is 0 Å². The highest BCUT2D eigenvalue weighted by Gasteiger charge is 2.14. The molecule has 1 aromatic heterocycles. The second-order valence-electron chi connectivity index (χ2n) is 8.05. The van der Waals surface area contributed by atoms with Gasteiger partial charge in [0.05, 0.1) is 11.0 Å². The molecule has 0 spiro atoms. The van der Waals surface area contributed by atoms with E-state index in [9.17, 15) is 5.11 Å². The monoisotopic (exact) mass is 411 g/mol. The molecule has 152 valence electrons. The number of phenolic OH excluding ortho intramolecular Hbond substituents is 1. The molecule has 0 bridgehead atoms. The highest BCUT2D eigenvalue weighted by atomic mass is 16.3. The lowest BCUT2D eigenvalue weighted by Gasteiger charge is -2.09. The van der Waals surface area contributed by atoms with E-state index in [2.05, 4.69) is 89.5 Å². The lowest BCUT2D eigenvalue weighted by atomic mass is 10.0. The van der Waals surface area contributed by atoms with E-state index in [1.54, 1.807) is 12.1 Å². The normalized spacial score (nSPS) is 11.2. The first kappa shape index (κ1) is 18.5. The molecule has 0 aliphatic carbocycles. The Bertz CT molecular complexity index is 1450. The molecule has 0 saturated carbocycles. The molecule has 0 saturated heterocycles. The quantitative estimate of drug-likeness (QED) is 0.315. The van der Waals surface area contributed by atoms with Gasteiger partial charge in [0.15, 0.2) is 0 Å². The van der Waals surface area contributed by atoms with E-state index in [-0.39, 0.29) is 5.75 Å². The molecule has 2 heteroatoms. The topological polar surface area (TPSA) is 25.2 Å². The zero-order valence-electron chi connectivity index (χ0n) is 17.4. The summed E-state index contributed by atoms with van der Waals surface area (Å²) < 4.78 is 2.27. The van der Waals surface area contributed by atoms with Gasteiger partial charge in [-0.05, 0) is 70.8 Å². The number of hydrogen-bond acceptors (Lipinski definition) is 1. The highest BCUT2D eigenvalue weighted by molar-refractivity contribution is 6.11. The average molecular weight is 412 g/mol. The molecule has 0 fully saturated rings. The van der Waals surface area contributed by atoms with E-state index >= 15 is 0 Å². The van der Waals surface area contributed by atoms with E-state index in [4.69, 9.17) is 0 Å². The maximum atomic E-state index is 9.80. The summed E-state index contributed by atoms with van der Waals surface area (Å²) in [5.41, 5.74) is 8.15. The molecule has 0 atom stereocenters. The second-order valence-corrected chi connectivity index (χ2v) is 8.05. The van der Waals surface area contributed by atoms with Gasteiger partial charge >= 0.3 is 0 Å². The number of fused-ring (bicyclic) bond motifs is 3. The van der Waals surface area contributed by atoms with Gasteiger partial charge in [0.1, 0.15) is 5.75 Å². The van der Waals surface area contributed by atoms with Crippen LogP contribution in [0.4, 0.5) is 0 Å². The lowest BCUT2D eigenvalue weighted by molar-refractivity contribution is 0.475. The molecule has 2 nitrogen and oxygen atoms in total. The van der Waals surface area contributed by atoms with Crippen molar-refractivity contribution in [2.75, 3.05) is 0 Å². The number of hydrogen-bond donors (Lipinski definition) is 1. The van der Waals surface area contributed by atoms with Crippen molar-refractivity contribution in [3.8, 4) is 33.7 Å². The first-order valence-corrected chi connectivity index (χ1v) is 10.8. The van der Waals surface area contributed by atoms with Gasteiger partial charge in [-0.3, -0.25) is 0 Å². The van der Waals surface area contributed by atoms with Gasteiger partial charge in [0.2, 0.25) is 0 Å². The Morgan fingerprint density at radius 2 is 0.906 bits per heavy atom. The van der Waals surface area contributed by atoms with Crippen LogP contribution in [-0.2, 0) is 0 Å². The molecule has 6 rings (SSSR count). The number of nitrogens with zero attached hydrogens (tertiary/aromatic N) is 1. The molecule has 0 aliphatic heterocycles. The minimum Gasteiger partial charge on any atom is -0.508 e. The van der Waals surface area contributed by atoms with Crippen molar-refractivity contribution in [3.05, 3.63) is 121 Å². The number of aromatic nitrogens is 1. The molecule has 6 aromatic rings. The van der Waals surface area contributed by atoms with Crippen LogP contribution in [-0.4, -0.2) is 9.67 Å². The van der Waals surface area contributed by atoms with Gasteiger partial charge in [-0.25, -0.2) is 0 Å². The summed E-state index contributed by atoms with van der Waals surface area (Å²) in [6, 6.07) is 41.8. The third kappa shape index (κ3) is 3.05. The summed E-state index contributed by atoms with van der Waals surface area (Å²) in [7, 11) is 0. The Morgan fingerprint density at radius 3 is 1.38 bits per heavy atom. The zero-order valence-corrected chi connectivity index (χ0v) is 17.4. The fraction of sp³-hybridized carbons (Fsp3) is 0. The van der Waals surface area contributed by atoms with Crippen molar-refractivity contribution in [1.29, 1.82) is 0 Å². The van der Waals surface area contributed by atoms with Crippen molar-refractivity contribution in [2.24, 2.45) is 0 Å². The smallest absolute Gasteiger partial charge is 0.115 e. The second kappa shape index (κ2) is 7.44. The van der Waals surface area contributed by atoms with E-state index < -0.39 is 0 Å². The van der Waals surface area contributed by atoms with Gasteiger partial charge < -0.3 is 9.67 Å². The van der Waals surface area contributed by atoms with Gasteiger partial charge in [0, 0.05) is 16.5 Å². The Morgan fingerprint density at radius 1 is 0.438 bits per heavy atom. The maximum Gasteiger partial charge on any atom is 0.115 e. The highest BCUT2D eigenvalue weighted by Crippen LogP contribution is 2.37. The van der Waals surface area contributed by atoms with Crippen LogP contribution in [0.3, 0.4) is 0 Å². The van der Waals surface area contributed by atoms with Gasteiger partial charge in [0.25, 0.3) is 0 Å². The summed E-state index contributed by atoms with van der Waals surface area (Å²) in [6.07, 6.45) is 0. The first-order valence-electron chi connectivity index (χ1n) is 10.8. The summed E-state index contributed by atoms with van der Waals surface area (Å²) in [5.74, 6) is 0.271. The van der Waals surface area contributed by atoms with Crippen LogP contribution in [0, 0.1) is 0 Å². The van der Waals surface area contributed by atoms with Gasteiger partial charge in [-0.15, -0.1) is 0 Å². The predicted octanol–water partition coefficient (Wildman–Crippen LogP) is 7.82. The molecule has 0 unspecified atom stereocenters. The van der Waals surface area contributed by atoms with Crippen LogP contribution in [0.5, 0.6) is 5.75 Å². The van der Waals surface area contributed by atoms with Crippen molar-refractivity contribution in [2.45, 2.75) is 0 Å². The molecular formula is C30H21NO. The predicted molar refractivity (Wildman–Crippen MR) is 133 cm³/mol. The fourth-order valence-corrected chi connectivity index (χ4v) is 4.52. The lowest BCUT2D eigenvalue weighted by Crippen LogP contribution is -1.93. The summed E-state index contributed by atoms with van der Waals surface area (Å²) in [4.78, 5) is 0. The molecule has 0 radical (unpaired) electrons. The molecule has 1 N–H and O–H groups in total. The Balaban J connectivity index is 1.66. The summed E-state index contributed by atoms with van der Waals surface area (Å²) >= 11 is 0. The van der Waals surface area contributed by atoms with Gasteiger partial charge in [-0.2, -0.15) is 0 Å². The average Bonchev–Trinajstić information content (AvgIpc) is 3.19. The number of benzene rings is 5. The van der Waals surface area contributed by atoms with Crippen molar-refractivity contribution >= 4 is 21.8 Å². The Hall–Kier alpha value is -4.30. The number of aromatic hydroxyl groups is 1. The van der Waals surface area contributed by atoms with Crippen molar-refractivity contribution in [3.63, 3.8) is 0 Å². The Labute approximate surface area is 186 Å². The summed E-state index contributed by atoms with van der Waals surface area (Å²) in [5, 5.41) is 12.2. The third-order valence-electron chi connectivity index (χ3n) is 6.09. The molecule has 5 aromatic carbocycles. The molecule has 0 aliphatic rings. The molecular weight excluding hydrogens is 390 g/mol. The molecule has 1 heterocycles. The largest absolute Gasteiger partial charge is 0.508 e. The minimum atomic E-state index is 0.271. The van der Waals surface area contributed by atoms with Crippen LogP contribution in [0.25, 0.3) is 49.7 Å². The summed E-state index contributed by atoms with van der Waals surface area (Å²) in [6.45, 7) is 0. The van der Waals surface area contributed by atoms with Crippen molar-refractivity contribution < 1.29 is 5.11 Å². The first-order chi connectivity index (χ1) is 15.8. The van der Waals surface area contributed by atoms with E-state index in [0.29, 0.717) is 0 Å². The van der Waals surface area contributed by atoms with Gasteiger partial charge in [-0.1, -0.05) is 72.8 Å². The number of rotatable bonds is 3. The molecule has 0 amide bonds. The van der Waals surface area contributed by atoms with Crippen LogP contribution in [0.15, 0.2) is 121 Å². The standard InChI is InChI=1S/C30H21NO/c32-26-15-13-25(14-16-26)31-29-17-11-23(21-7-3-1-4-8-21)19-27(29)28-20-24(12-18-30(28)31)22-9-5-2-6-10-22/h1-20,32H.